The van der Waals surface area contributed by atoms with E-state index in [1.807, 2.05) is 0 Å². The van der Waals surface area contributed by atoms with Crippen molar-refractivity contribution in [3.63, 3.8) is 0 Å². The van der Waals surface area contributed by atoms with E-state index >= 15 is 0 Å². The summed E-state index contributed by atoms with van der Waals surface area (Å²) in [4.78, 5) is 11.7. The fraction of sp³-hybridized carbons (Fsp3) is 0.214. The van der Waals surface area contributed by atoms with Crippen LogP contribution in [0.4, 0.5) is 0 Å². The molecule has 8 heteroatoms. The van der Waals surface area contributed by atoms with Crippen LogP contribution < -0.4 is 14.8 Å². The first-order valence-corrected chi connectivity index (χ1v) is 7.92. The molecule has 0 spiro atoms. The third-order valence-corrected chi connectivity index (χ3v) is 4.25. The Morgan fingerprint density at radius 1 is 1.23 bits per heavy atom. The molecule has 1 aromatic heterocycles. The van der Waals surface area contributed by atoms with E-state index in [1.54, 1.807) is 12.1 Å². The third-order valence-electron chi connectivity index (χ3n) is 2.83. The maximum Gasteiger partial charge on any atom is 0.241 e. The summed E-state index contributed by atoms with van der Waals surface area (Å²) in [5.41, 5.74) is 0. The molecule has 1 aromatic carbocycles. The van der Waals surface area contributed by atoms with E-state index in [2.05, 4.69) is 10.0 Å². The summed E-state index contributed by atoms with van der Waals surface area (Å²) >= 11 is 0. The van der Waals surface area contributed by atoms with Gasteiger partial charge in [0.25, 0.3) is 0 Å². The Hall–Kier alpha value is -2.32. The van der Waals surface area contributed by atoms with E-state index < -0.39 is 15.9 Å². The van der Waals surface area contributed by atoms with Crippen LogP contribution in [0.25, 0.3) is 0 Å². The van der Waals surface area contributed by atoms with E-state index in [-0.39, 0.29) is 18.0 Å². The van der Waals surface area contributed by atoms with Crippen LogP contribution in [0, 0.1) is 0 Å². The van der Waals surface area contributed by atoms with Crippen molar-refractivity contribution in [1.82, 2.24) is 10.0 Å². The van der Waals surface area contributed by atoms with Gasteiger partial charge in [-0.1, -0.05) is 0 Å². The number of ether oxygens (including phenoxy) is 1. The van der Waals surface area contributed by atoms with Gasteiger partial charge in [0.1, 0.15) is 11.5 Å². The monoisotopic (exact) mass is 324 g/mol. The molecule has 0 fully saturated rings. The highest BCUT2D eigenvalue weighted by molar-refractivity contribution is 7.89. The number of rotatable bonds is 7. The van der Waals surface area contributed by atoms with Crippen molar-refractivity contribution in [2.75, 3.05) is 13.7 Å². The molecule has 0 atom stereocenters. The summed E-state index contributed by atoms with van der Waals surface area (Å²) in [6.07, 6.45) is 1.49. The number of benzene rings is 1. The number of carbonyl (C=O) groups is 1. The van der Waals surface area contributed by atoms with Crippen LogP contribution in [0.1, 0.15) is 5.76 Å². The Kier molecular flexibility index (Phi) is 5.18. The summed E-state index contributed by atoms with van der Waals surface area (Å²) in [5.74, 6) is 0.690. The van der Waals surface area contributed by atoms with E-state index in [9.17, 15) is 13.2 Å². The summed E-state index contributed by atoms with van der Waals surface area (Å²) in [7, 11) is -2.25. The van der Waals surface area contributed by atoms with E-state index in [0.717, 1.165) is 0 Å². The number of methoxy groups -OCH3 is 1. The number of hydrogen-bond donors (Lipinski definition) is 2. The van der Waals surface area contributed by atoms with E-state index in [0.29, 0.717) is 11.5 Å². The number of furan rings is 1. The number of carbonyl (C=O) groups excluding carboxylic acids is 1. The molecule has 2 aromatic rings. The predicted octanol–water partition coefficient (Wildman–Crippen LogP) is 0.883. The minimum atomic E-state index is -3.74. The summed E-state index contributed by atoms with van der Waals surface area (Å²) in [5, 5.41) is 2.55. The molecule has 0 saturated carbocycles. The zero-order valence-corrected chi connectivity index (χ0v) is 12.7. The predicted molar refractivity (Wildman–Crippen MR) is 78.7 cm³/mol. The van der Waals surface area contributed by atoms with Gasteiger partial charge in [0.2, 0.25) is 15.9 Å². The van der Waals surface area contributed by atoms with Crippen LogP contribution in [0.5, 0.6) is 5.75 Å². The lowest BCUT2D eigenvalue weighted by atomic mass is 10.3. The lowest BCUT2D eigenvalue weighted by Crippen LogP contribution is -2.36. The summed E-state index contributed by atoms with van der Waals surface area (Å²) in [6.45, 7) is -0.148. The van der Waals surface area contributed by atoms with Gasteiger partial charge < -0.3 is 14.5 Å². The molecule has 0 unspecified atom stereocenters. The highest BCUT2D eigenvalue weighted by atomic mass is 32.2. The van der Waals surface area contributed by atoms with Gasteiger partial charge >= 0.3 is 0 Å². The number of sulfonamides is 1. The van der Waals surface area contributed by atoms with Crippen molar-refractivity contribution in [3.8, 4) is 5.75 Å². The Labute approximate surface area is 128 Å². The average molecular weight is 324 g/mol. The standard InChI is InChI=1S/C14H16N2O5S/c1-20-11-4-6-13(7-5-11)22(18,19)16-10-14(17)15-9-12-3-2-8-21-12/h2-8,16H,9-10H2,1H3,(H,15,17). The maximum atomic E-state index is 12.0. The van der Waals surface area contributed by atoms with Crippen LogP contribution >= 0.6 is 0 Å². The molecule has 118 valence electrons. The van der Waals surface area contributed by atoms with Crippen molar-refractivity contribution in [1.29, 1.82) is 0 Å². The summed E-state index contributed by atoms with van der Waals surface area (Å²) < 4.78 is 36.3. The van der Waals surface area contributed by atoms with Crippen LogP contribution in [0.2, 0.25) is 0 Å². The number of nitrogens with one attached hydrogen (secondary N) is 2. The Morgan fingerprint density at radius 2 is 1.95 bits per heavy atom. The van der Waals surface area contributed by atoms with Gasteiger partial charge in [0.15, 0.2) is 0 Å². The Morgan fingerprint density at radius 3 is 2.55 bits per heavy atom. The van der Waals surface area contributed by atoms with Crippen molar-refractivity contribution < 1.29 is 22.4 Å². The molecule has 1 heterocycles. The molecule has 0 aliphatic rings. The second kappa shape index (κ2) is 7.10. The van der Waals surface area contributed by atoms with Crippen LogP contribution in [0.3, 0.4) is 0 Å². The molecule has 0 aliphatic heterocycles. The first-order valence-electron chi connectivity index (χ1n) is 6.44. The van der Waals surface area contributed by atoms with E-state index in [1.165, 1.54) is 37.6 Å². The molecule has 0 radical (unpaired) electrons. The van der Waals surface area contributed by atoms with E-state index in [4.69, 9.17) is 9.15 Å². The summed E-state index contributed by atoms with van der Waals surface area (Å²) in [6, 6.07) is 9.29. The lowest BCUT2D eigenvalue weighted by molar-refractivity contribution is -0.120. The third kappa shape index (κ3) is 4.34. The number of amides is 1. The van der Waals surface area contributed by atoms with Crippen molar-refractivity contribution in [2.24, 2.45) is 0 Å². The minimum Gasteiger partial charge on any atom is -0.497 e. The topological polar surface area (TPSA) is 97.6 Å². The van der Waals surface area contributed by atoms with Gasteiger partial charge in [-0.25, -0.2) is 13.1 Å². The molecular formula is C14H16N2O5S. The van der Waals surface area contributed by atoms with Crippen molar-refractivity contribution in [2.45, 2.75) is 11.4 Å². The smallest absolute Gasteiger partial charge is 0.241 e. The number of hydrogen-bond acceptors (Lipinski definition) is 5. The molecule has 1 amide bonds. The SMILES string of the molecule is COc1ccc(S(=O)(=O)NCC(=O)NCc2ccco2)cc1. The molecule has 0 bridgehead atoms. The fourth-order valence-corrected chi connectivity index (χ4v) is 2.64. The molecule has 2 rings (SSSR count). The van der Waals surface area contributed by atoms with Crippen molar-refractivity contribution in [3.05, 3.63) is 48.4 Å². The molecular weight excluding hydrogens is 308 g/mol. The molecule has 22 heavy (non-hydrogen) atoms. The first kappa shape index (κ1) is 16.1. The van der Waals surface area contributed by atoms with Crippen LogP contribution in [-0.4, -0.2) is 28.0 Å². The van der Waals surface area contributed by atoms with Crippen LogP contribution in [0.15, 0.2) is 52.0 Å². The highest BCUT2D eigenvalue weighted by Gasteiger charge is 2.15. The van der Waals surface area contributed by atoms with Gasteiger partial charge in [-0.2, -0.15) is 0 Å². The highest BCUT2D eigenvalue weighted by Crippen LogP contribution is 2.14. The molecule has 7 nitrogen and oxygen atoms in total. The first-order chi connectivity index (χ1) is 10.5. The Balaban J connectivity index is 1.87. The van der Waals surface area contributed by atoms with Crippen molar-refractivity contribution >= 4 is 15.9 Å². The molecule has 0 aliphatic carbocycles. The molecule has 0 saturated heterocycles. The fourth-order valence-electron chi connectivity index (χ4n) is 1.66. The largest absolute Gasteiger partial charge is 0.497 e. The lowest BCUT2D eigenvalue weighted by Gasteiger charge is -2.08. The van der Waals surface area contributed by atoms with Gasteiger partial charge in [-0.3, -0.25) is 4.79 Å². The van der Waals surface area contributed by atoms with Crippen LogP contribution in [-0.2, 0) is 21.4 Å². The Bertz CT molecular complexity index is 708. The maximum absolute atomic E-state index is 12.0. The van der Waals surface area contributed by atoms with Gasteiger partial charge in [-0.05, 0) is 36.4 Å². The zero-order chi connectivity index (χ0) is 16.0. The second-order valence-electron chi connectivity index (χ2n) is 4.36. The zero-order valence-electron chi connectivity index (χ0n) is 11.9. The van der Waals surface area contributed by atoms with Gasteiger partial charge in [0.05, 0.1) is 31.4 Å². The van der Waals surface area contributed by atoms with Gasteiger partial charge in [0, 0.05) is 0 Å². The second-order valence-corrected chi connectivity index (χ2v) is 6.12. The average Bonchev–Trinajstić information content (AvgIpc) is 3.04. The normalized spacial score (nSPS) is 11.1. The molecule has 2 N–H and O–H groups in total. The van der Waals surface area contributed by atoms with Gasteiger partial charge in [-0.15, -0.1) is 0 Å². The quantitative estimate of drug-likeness (QED) is 0.788. The minimum absolute atomic E-state index is 0.0622.